The molecule has 1 unspecified atom stereocenters. The van der Waals surface area contributed by atoms with E-state index in [1.54, 1.807) is 24.0 Å². The Morgan fingerprint density at radius 2 is 2.04 bits per heavy atom. The van der Waals surface area contributed by atoms with Crippen LogP contribution >= 0.6 is 0 Å². The summed E-state index contributed by atoms with van der Waals surface area (Å²) < 4.78 is 5.09. The van der Waals surface area contributed by atoms with Crippen molar-refractivity contribution in [2.45, 2.75) is 19.9 Å². The number of ether oxygens (including phenoxy) is 1. The topological polar surface area (TPSA) is 61.9 Å². The van der Waals surface area contributed by atoms with Crippen molar-refractivity contribution in [2.24, 2.45) is 0 Å². The average molecular weight is 329 g/mol. The Balaban J connectivity index is 2.01. The number of benzene rings is 1. The molecule has 0 aromatic heterocycles. The molecule has 3 amide bonds. The molecule has 128 valence electrons. The summed E-state index contributed by atoms with van der Waals surface area (Å²) in [5, 5.41) is 2.97. The Morgan fingerprint density at radius 1 is 1.29 bits per heavy atom. The Morgan fingerprint density at radius 3 is 2.71 bits per heavy atom. The van der Waals surface area contributed by atoms with Crippen LogP contribution < -0.4 is 5.32 Å². The molecule has 1 aromatic rings. The second-order valence-electron chi connectivity index (χ2n) is 6.38. The van der Waals surface area contributed by atoms with Gasteiger partial charge in [0.2, 0.25) is 0 Å². The molecule has 6 heteroatoms. The molecule has 0 fully saturated rings. The number of hydrogen-bond acceptors (Lipinski definition) is 3. The first-order valence-electron chi connectivity index (χ1n) is 8.06. The number of carbonyl (C=O) groups is 2. The summed E-state index contributed by atoms with van der Waals surface area (Å²) in [6, 6.07) is 5.50. The summed E-state index contributed by atoms with van der Waals surface area (Å²) in [4.78, 5) is 28.5. The van der Waals surface area contributed by atoms with Gasteiger partial charge < -0.3 is 15.0 Å². The number of rotatable bonds is 4. The number of hydrogen-bond donors (Lipinski definition) is 1. The van der Waals surface area contributed by atoms with E-state index in [4.69, 9.17) is 4.74 Å². The molecule has 2 aliphatic heterocycles. The number of carbonyl (C=O) groups excluding carboxylic acids is 2. The van der Waals surface area contributed by atoms with Crippen molar-refractivity contribution in [3.8, 4) is 0 Å². The predicted molar refractivity (Wildman–Crippen MR) is 90.4 cm³/mol. The van der Waals surface area contributed by atoms with Gasteiger partial charge in [-0.15, -0.1) is 0 Å². The van der Waals surface area contributed by atoms with Gasteiger partial charge >= 0.3 is 6.03 Å². The van der Waals surface area contributed by atoms with Gasteiger partial charge in [-0.1, -0.05) is 23.8 Å². The van der Waals surface area contributed by atoms with Gasteiger partial charge in [-0.2, -0.15) is 0 Å². The van der Waals surface area contributed by atoms with Crippen molar-refractivity contribution < 1.29 is 14.3 Å². The van der Waals surface area contributed by atoms with E-state index in [0.717, 1.165) is 22.4 Å². The molecule has 0 bridgehead atoms. The van der Waals surface area contributed by atoms with Gasteiger partial charge in [-0.3, -0.25) is 9.69 Å². The molecule has 1 N–H and O–H groups in total. The molecule has 6 nitrogen and oxygen atoms in total. The average Bonchev–Trinajstić information content (AvgIpc) is 2.87. The minimum absolute atomic E-state index is 0.0288. The zero-order valence-electron chi connectivity index (χ0n) is 14.5. The van der Waals surface area contributed by atoms with E-state index in [9.17, 15) is 9.59 Å². The lowest BCUT2D eigenvalue weighted by Crippen LogP contribution is -2.45. The maximum atomic E-state index is 12.9. The minimum atomic E-state index is -0.399. The van der Waals surface area contributed by atoms with E-state index in [1.165, 1.54) is 0 Å². The number of nitrogens with zero attached hydrogens (tertiary/aromatic N) is 2. The Hall–Kier alpha value is -2.34. The van der Waals surface area contributed by atoms with Crippen LogP contribution in [0.1, 0.15) is 22.7 Å². The second kappa shape index (κ2) is 6.28. The third kappa shape index (κ3) is 2.67. The van der Waals surface area contributed by atoms with Crippen LogP contribution in [0.15, 0.2) is 29.5 Å². The predicted octanol–water partition coefficient (Wildman–Crippen LogP) is 1.74. The number of methoxy groups -OCH3 is 1. The van der Waals surface area contributed by atoms with Crippen LogP contribution in [0.3, 0.4) is 0 Å². The van der Waals surface area contributed by atoms with Gasteiger partial charge in [0.1, 0.15) is 0 Å². The fraction of sp³-hybridized carbons (Fsp3) is 0.444. The van der Waals surface area contributed by atoms with Crippen LogP contribution in [0.2, 0.25) is 0 Å². The summed E-state index contributed by atoms with van der Waals surface area (Å²) in [6.45, 7) is 5.48. The molecule has 1 aromatic carbocycles. The molecular weight excluding hydrogens is 306 g/mol. The van der Waals surface area contributed by atoms with Crippen LogP contribution in [-0.2, 0) is 9.53 Å². The number of aryl methyl sites for hydroxylation is 2. The lowest BCUT2D eigenvalue weighted by Gasteiger charge is -2.31. The van der Waals surface area contributed by atoms with Gasteiger partial charge in [0.15, 0.2) is 0 Å². The molecule has 0 spiro atoms. The van der Waals surface area contributed by atoms with Crippen LogP contribution in [-0.4, -0.2) is 55.6 Å². The Labute approximate surface area is 142 Å². The zero-order valence-corrected chi connectivity index (χ0v) is 14.5. The van der Waals surface area contributed by atoms with Crippen molar-refractivity contribution in [3.63, 3.8) is 0 Å². The Bertz CT molecular complexity index is 726. The summed E-state index contributed by atoms with van der Waals surface area (Å²) in [7, 11) is 3.32. The number of urea groups is 1. The number of likely N-dealkylation sites (N-methyl/N-ethyl adjacent to an activating group) is 1. The monoisotopic (exact) mass is 329 g/mol. The molecule has 0 radical (unpaired) electrons. The first-order chi connectivity index (χ1) is 11.4. The smallest absolute Gasteiger partial charge is 0.322 e. The number of nitrogens with one attached hydrogen (secondary N) is 1. The highest BCUT2D eigenvalue weighted by Gasteiger charge is 2.42. The summed E-state index contributed by atoms with van der Waals surface area (Å²) in [5.74, 6) is -0.0288. The van der Waals surface area contributed by atoms with E-state index >= 15 is 0 Å². The molecule has 0 saturated heterocycles. The molecule has 2 heterocycles. The highest BCUT2D eigenvalue weighted by molar-refractivity contribution is 6.01. The van der Waals surface area contributed by atoms with Crippen LogP contribution in [0, 0.1) is 13.8 Å². The van der Waals surface area contributed by atoms with Crippen LogP contribution in [0.25, 0.3) is 0 Å². The van der Waals surface area contributed by atoms with Crippen LogP contribution in [0.5, 0.6) is 0 Å². The van der Waals surface area contributed by atoms with Gasteiger partial charge in [0.05, 0.1) is 30.5 Å². The Kier molecular flexibility index (Phi) is 4.32. The normalized spacial score (nSPS) is 20.6. The van der Waals surface area contributed by atoms with E-state index in [-0.39, 0.29) is 11.9 Å². The second-order valence-corrected chi connectivity index (χ2v) is 6.38. The van der Waals surface area contributed by atoms with Gasteiger partial charge in [-0.05, 0) is 25.0 Å². The van der Waals surface area contributed by atoms with Crippen molar-refractivity contribution in [2.75, 3.05) is 33.9 Å². The fourth-order valence-corrected chi connectivity index (χ4v) is 3.39. The third-order valence-electron chi connectivity index (χ3n) is 4.74. The first-order valence-corrected chi connectivity index (χ1v) is 8.06. The van der Waals surface area contributed by atoms with Gasteiger partial charge in [-0.25, -0.2) is 4.79 Å². The fourth-order valence-electron chi connectivity index (χ4n) is 3.39. The highest BCUT2D eigenvalue weighted by Crippen LogP contribution is 2.36. The first kappa shape index (κ1) is 16.5. The zero-order chi connectivity index (χ0) is 17.4. The maximum Gasteiger partial charge on any atom is 0.322 e. The molecule has 0 aliphatic carbocycles. The largest absolute Gasteiger partial charge is 0.383 e. The molecular formula is C18H23N3O3. The van der Waals surface area contributed by atoms with E-state index in [0.29, 0.717) is 25.3 Å². The lowest BCUT2D eigenvalue weighted by atomic mass is 9.91. The standard InChI is InChI=1S/C18H23N3O3/c1-11-5-6-13(12(2)9-11)16-15-14(20(3)18(23)19-16)10-21(17(15)22)7-8-24-4/h5-6,9,16H,7-8,10H2,1-4H3,(H,19,23). The van der Waals surface area contributed by atoms with Crippen LogP contribution in [0.4, 0.5) is 4.79 Å². The highest BCUT2D eigenvalue weighted by atomic mass is 16.5. The molecule has 1 atom stereocenters. The van der Waals surface area contributed by atoms with E-state index in [1.807, 2.05) is 26.0 Å². The lowest BCUT2D eigenvalue weighted by molar-refractivity contribution is -0.126. The summed E-state index contributed by atoms with van der Waals surface area (Å²) in [5.41, 5.74) is 4.64. The van der Waals surface area contributed by atoms with Crippen molar-refractivity contribution in [1.29, 1.82) is 0 Å². The summed E-state index contributed by atoms with van der Waals surface area (Å²) in [6.07, 6.45) is 0. The van der Waals surface area contributed by atoms with E-state index < -0.39 is 6.04 Å². The van der Waals surface area contributed by atoms with E-state index in [2.05, 4.69) is 11.4 Å². The molecule has 0 saturated carbocycles. The van der Waals surface area contributed by atoms with Crippen molar-refractivity contribution in [1.82, 2.24) is 15.1 Å². The summed E-state index contributed by atoms with van der Waals surface area (Å²) >= 11 is 0. The molecule has 2 aliphatic rings. The quantitative estimate of drug-likeness (QED) is 0.915. The number of amides is 3. The molecule has 3 rings (SSSR count). The minimum Gasteiger partial charge on any atom is -0.383 e. The molecule has 24 heavy (non-hydrogen) atoms. The van der Waals surface area contributed by atoms with Gasteiger partial charge in [0, 0.05) is 20.7 Å². The van der Waals surface area contributed by atoms with Crippen molar-refractivity contribution in [3.05, 3.63) is 46.2 Å². The van der Waals surface area contributed by atoms with Crippen molar-refractivity contribution >= 4 is 11.9 Å². The van der Waals surface area contributed by atoms with Gasteiger partial charge in [0.25, 0.3) is 5.91 Å². The third-order valence-corrected chi connectivity index (χ3v) is 4.74. The maximum absolute atomic E-state index is 12.9. The SMILES string of the molecule is COCCN1CC2=C(C1=O)C(c1ccc(C)cc1C)NC(=O)N2C.